The van der Waals surface area contributed by atoms with Gasteiger partial charge in [-0.05, 0) is 18.2 Å². The van der Waals surface area contributed by atoms with E-state index in [1.165, 1.54) is 6.08 Å². The van der Waals surface area contributed by atoms with Crippen LogP contribution in [0.5, 0.6) is 5.75 Å². The van der Waals surface area contributed by atoms with E-state index in [-0.39, 0.29) is 12.2 Å². The zero-order chi connectivity index (χ0) is 9.26. The summed E-state index contributed by atoms with van der Waals surface area (Å²) in [5, 5.41) is 8.69. The number of ether oxygens (including phenoxy) is 1. The summed E-state index contributed by atoms with van der Waals surface area (Å²) in [6, 6.07) is 3.51. The van der Waals surface area contributed by atoms with Crippen molar-refractivity contribution in [3.63, 3.8) is 0 Å². The van der Waals surface area contributed by atoms with E-state index < -0.39 is 5.97 Å². The first-order chi connectivity index (χ1) is 6.27. The molecule has 0 amide bonds. The Bertz CT molecular complexity index is 384. The van der Waals surface area contributed by atoms with Crippen molar-refractivity contribution in [1.29, 1.82) is 0 Å². The van der Waals surface area contributed by atoms with Crippen molar-refractivity contribution in [2.45, 2.75) is 0 Å². The first kappa shape index (κ1) is 7.79. The fourth-order valence-corrected chi connectivity index (χ4v) is 1.12. The highest BCUT2D eigenvalue weighted by atomic mass is 16.5. The predicted molar refractivity (Wildman–Crippen MR) is 45.3 cm³/mol. The summed E-state index contributed by atoms with van der Waals surface area (Å²) in [4.78, 5) is 14.6. The van der Waals surface area contributed by atoms with E-state index >= 15 is 0 Å². The Morgan fingerprint density at radius 3 is 3.23 bits per heavy atom. The molecule has 1 N–H and O–H groups in total. The van der Waals surface area contributed by atoms with Crippen LogP contribution in [0.3, 0.4) is 0 Å². The lowest BCUT2D eigenvalue weighted by Gasteiger charge is -2.13. The third-order valence-electron chi connectivity index (χ3n) is 1.77. The summed E-state index contributed by atoms with van der Waals surface area (Å²) in [5.41, 5.74) is 0.803. The van der Waals surface area contributed by atoms with E-state index in [1.807, 2.05) is 0 Å². The molecule has 66 valence electrons. The molecular formula is C9H7NO3. The van der Waals surface area contributed by atoms with Crippen LogP contribution in [0.15, 0.2) is 23.9 Å². The van der Waals surface area contributed by atoms with Gasteiger partial charge in [-0.3, -0.25) is 4.98 Å². The van der Waals surface area contributed by atoms with E-state index in [9.17, 15) is 4.79 Å². The molecule has 0 spiro atoms. The number of carboxylic acid groups (broad SMARTS) is 1. The molecule has 0 aliphatic carbocycles. The molecule has 0 atom stereocenters. The molecule has 1 aromatic heterocycles. The number of hydrogen-bond acceptors (Lipinski definition) is 3. The number of aromatic nitrogens is 1. The summed E-state index contributed by atoms with van der Waals surface area (Å²) in [7, 11) is 0. The van der Waals surface area contributed by atoms with Crippen molar-refractivity contribution in [2.24, 2.45) is 0 Å². The Labute approximate surface area is 74.5 Å². The maximum Gasteiger partial charge on any atom is 0.335 e. The molecule has 13 heavy (non-hydrogen) atoms. The smallest absolute Gasteiger partial charge is 0.335 e. The van der Waals surface area contributed by atoms with Gasteiger partial charge in [0, 0.05) is 6.20 Å². The monoisotopic (exact) mass is 177 g/mol. The molecule has 0 bridgehead atoms. The summed E-state index contributed by atoms with van der Waals surface area (Å²) < 4.78 is 5.19. The SMILES string of the molecule is O=C(O)C1=Cc2ncccc2OC1. The molecule has 0 unspecified atom stereocenters. The molecule has 0 radical (unpaired) electrons. The number of pyridine rings is 1. The minimum absolute atomic E-state index is 0.105. The average molecular weight is 177 g/mol. The highest BCUT2D eigenvalue weighted by Gasteiger charge is 2.16. The molecule has 1 aliphatic rings. The van der Waals surface area contributed by atoms with Gasteiger partial charge in [0.15, 0.2) is 0 Å². The molecule has 0 saturated heterocycles. The number of rotatable bonds is 1. The highest BCUT2D eigenvalue weighted by molar-refractivity contribution is 5.93. The highest BCUT2D eigenvalue weighted by Crippen LogP contribution is 2.23. The Hall–Kier alpha value is -1.84. The van der Waals surface area contributed by atoms with Crippen molar-refractivity contribution in [2.75, 3.05) is 6.61 Å². The van der Waals surface area contributed by atoms with Gasteiger partial charge in [0.25, 0.3) is 0 Å². The molecule has 1 aromatic rings. The standard InChI is InChI=1S/C9H7NO3/c11-9(12)6-4-7-8(13-5-6)2-1-3-10-7/h1-4H,5H2,(H,11,12). The van der Waals surface area contributed by atoms with Crippen LogP contribution in [0, 0.1) is 0 Å². The number of carbonyl (C=O) groups is 1. The lowest BCUT2D eigenvalue weighted by molar-refractivity contribution is -0.132. The first-order valence-electron chi connectivity index (χ1n) is 3.79. The molecule has 0 aromatic carbocycles. The van der Waals surface area contributed by atoms with Gasteiger partial charge in [-0.25, -0.2) is 4.79 Å². The van der Waals surface area contributed by atoms with E-state index in [0.717, 1.165) is 0 Å². The van der Waals surface area contributed by atoms with Crippen LogP contribution < -0.4 is 4.74 Å². The molecule has 0 saturated carbocycles. The van der Waals surface area contributed by atoms with E-state index in [1.54, 1.807) is 18.3 Å². The largest absolute Gasteiger partial charge is 0.486 e. The van der Waals surface area contributed by atoms with Gasteiger partial charge in [0.2, 0.25) is 0 Å². The van der Waals surface area contributed by atoms with Crippen LogP contribution in [0.25, 0.3) is 6.08 Å². The van der Waals surface area contributed by atoms with Crippen LogP contribution in [0.2, 0.25) is 0 Å². The lowest BCUT2D eigenvalue weighted by atomic mass is 10.1. The number of fused-ring (bicyclic) bond motifs is 1. The second-order valence-electron chi connectivity index (χ2n) is 2.65. The van der Waals surface area contributed by atoms with Gasteiger partial charge >= 0.3 is 5.97 Å². The molecule has 2 heterocycles. The third-order valence-corrected chi connectivity index (χ3v) is 1.77. The van der Waals surface area contributed by atoms with E-state index in [4.69, 9.17) is 9.84 Å². The van der Waals surface area contributed by atoms with Crippen LogP contribution in [0.1, 0.15) is 5.69 Å². The second-order valence-corrected chi connectivity index (χ2v) is 2.65. The number of aliphatic carboxylic acids is 1. The Balaban J connectivity index is 2.44. The van der Waals surface area contributed by atoms with Crippen molar-refractivity contribution < 1.29 is 14.6 Å². The quantitative estimate of drug-likeness (QED) is 0.693. The fraction of sp³-hybridized carbons (Fsp3) is 0.111. The van der Waals surface area contributed by atoms with Gasteiger partial charge < -0.3 is 9.84 Å². The van der Waals surface area contributed by atoms with Crippen LogP contribution in [0.4, 0.5) is 0 Å². The molecule has 1 aliphatic heterocycles. The number of hydrogen-bond donors (Lipinski definition) is 1. The Kier molecular flexibility index (Phi) is 1.73. The molecule has 4 heteroatoms. The summed E-state index contributed by atoms with van der Waals surface area (Å²) in [5.74, 6) is -0.330. The summed E-state index contributed by atoms with van der Waals surface area (Å²) >= 11 is 0. The van der Waals surface area contributed by atoms with Crippen molar-refractivity contribution >= 4 is 12.0 Å². The minimum Gasteiger partial charge on any atom is -0.486 e. The predicted octanol–water partition coefficient (Wildman–Crippen LogP) is 0.942. The summed E-state index contributed by atoms with van der Waals surface area (Å²) in [6.45, 7) is 0.105. The van der Waals surface area contributed by atoms with Crippen molar-refractivity contribution in [1.82, 2.24) is 4.98 Å². The van der Waals surface area contributed by atoms with E-state index in [2.05, 4.69) is 4.98 Å². The second kappa shape index (κ2) is 2.90. The van der Waals surface area contributed by atoms with Gasteiger partial charge in [-0.15, -0.1) is 0 Å². The minimum atomic E-state index is -0.962. The van der Waals surface area contributed by atoms with E-state index in [0.29, 0.717) is 11.4 Å². The van der Waals surface area contributed by atoms with Crippen LogP contribution in [-0.2, 0) is 4.79 Å². The molecule has 4 nitrogen and oxygen atoms in total. The maximum atomic E-state index is 10.6. The number of nitrogens with zero attached hydrogens (tertiary/aromatic N) is 1. The Morgan fingerprint density at radius 1 is 1.62 bits per heavy atom. The normalized spacial score (nSPS) is 14.0. The first-order valence-corrected chi connectivity index (χ1v) is 3.79. The van der Waals surface area contributed by atoms with Gasteiger partial charge in [-0.2, -0.15) is 0 Å². The van der Waals surface area contributed by atoms with Gasteiger partial charge in [0.1, 0.15) is 18.1 Å². The van der Waals surface area contributed by atoms with Crippen LogP contribution in [-0.4, -0.2) is 22.7 Å². The fourth-order valence-electron chi connectivity index (χ4n) is 1.12. The molecular weight excluding hydrogens is 170 g/mol. The average Bonchev–Trinajstić information content (AvgIpc) is 2.17. The summed E-state index contributed by atoms with van der Waals surface area (Å²) in [6.07, 6.45) is 3.13. The maximum absolute atomic E-state index is 10.6. The zero-order valence-electron chi connectivity index (χ0n) is 6.73. The number of carboxylic acids is 1. The molecule has 2 rings (SSSR count). The van der Waals surface area contributed by atoms with Crippen LogP contribution >= 0.6 is 0 Å². The van der Waals surface area contributed by atoms with Gasteiger partial charge in [-0.1, -0.05) is 0 Å². The van der Waals surface area contributed by atoms with Crippen molar-refractivity contribution in [3.8, 4) is 5.75 Å². The zero-order valence-corrected chi connectivity index (χ0v) is 6.73. The molecule has 0 fully saturated rings. The Morgan fingerprint density at radius 2 is 2.46 bits per heavy atom. The topological polar surface area (TPSA) is 59.4 Å². The third kappa shape index (κ3) is 1.38. The van der Waals surface area contributed by atoms with Gasteiger partial charge in [0.05, 0.1) is 5.57 Å². The van der Waals surface area contributed by atoms with Crippen molar-refractivity contribution in [3.05, 3.63) is 29.6 Å². The lowest BCUT2D eigenvalue weighted by Crippen LogP contribution is -2.14.